The molecule has 1 amide bonds. The van der Waals surface area contributed by atoms with Gasteiger partial charge in [0.15, 0.2) is 11.5 Å². The summed E-state index contributed by atoms with van der Waals surface area (Å²) in [7, 11) is 3.00. The molecule has 2 aliphatic heterocycles. The van der Waals surface area contributed by atoms with Crippen LogP contribution in [-0.4, -0.2) is 32.7 Å². The monoisotopic (exact) mass is 492 g/mol. The lowest BCUT2D eigenvalue weighted by atomic mass is 9.76. The average Bonchev–Trinajstić information content (AvgIpc) is 3.39. The summed E-state index contributed by atoms with van der Waals surface area (Å²) in [4.78, 5) is 33.8. The standard InChI is InChI=1S/C27H25FN2O6/c1-4-35-25(31)22-23(18-11-8-12-21(33-2)24(18)34-3)30(17-9-6-5-7-10-17)36-27(22)19-15-16(28)13-14-20(19)29-26(27)32/h5-15,22-23H,4H2,1-3H3,(H,29,32). The number of benzene rings is 3. The summed E-state index contributed by atoms with van der Waals surface area (Å²) in [5.41, 5.74) is -0.194. The van der Waals surface area contributed by atoms with Gasteiger partial charge in [0, 0.05) is 16.8 Å². The van der Waals surface area contributed by atoms with Gasteiger partial charge in [-0.2, -0.15) is 0 Å². The van der Waals surface area contributed by atoms with Crippen LogP contribution in [0.5, 0.6) is 11.5 Å². The van der Waals surface area contributed by atoms with Gasteiger partial charge in [0.05, 0.1) is 26.5 Å². The van der Waals surface area contributed by atoms with Crippen LogP contribution in [0, 0.1) is 11.7 Å². The summed E-state index contributed by atoms with van der Waals surface area (Å²) in [5, 5.41) is 4.26. The minimum Gasteiger partial charge on any atom is -0.493 e. The Kier molecular flexibility index (Phi) is 6.01. The fourth-order valence-corrected chi connectivity index (χ4v) is 5.06. The first-order valence-corrected chi connectivity index (χ1v) is 11.5. The Morgan fingerprint density at radius 1 is 1.08 bits per heavy atom. The molecule has 2 aliphatic rings. The molecule has 3 aromatic rings. The van der Waals surface area contributed by atoms with Crippen molar-refractivity contribution in [2.75, 3.05) is 31.2 Å². The third-order valence-electron chi connectivity index (χ3n) is 6.52. The van der Waals surface area contributed by atoms with E-state index < -0.39 is 35.3 Å². The number of ether oxygens (including phenoxy) is 3. The highest BCUT2D eigenvalue weighted by Gasteiger charge is 2.68. The first kappa shape index (κ1) is 23.6. The Bertz CT molecular complexity index is 1320. The highest BCUT2D eigenvalue weighted by atomic mass is 19.1. The number of para-hydroxylation sites is 2. The number of nitrogens with one attached hydrogen (secondary N) is 1. The summed E-state index contributed by atoms with van der Waals surface area (Å²) in [6.07, 6.45) is 0. The second-order valence-corrected chi connectivity index (χ2v) is 8.39. The van der Waals surface area contributed by atoms with Crippen molar-refractivity contribution >= 4 is 23.3 Å². The van der Waals surface area contributed by atoms with Crippen molar-refractivity contribution in [3.63, 3.8) is 0 Å². The van der Waals surface area contributed by atoms with Crippen LogP contribution in [-0.2, 0) is 24.8 Å². The zero-order valence-electron chi connectivity index (χ0n) is 20.0. The van der Waals surface area contributed by atoms with E-state index in [1.54, 1.807) is 37.3 Å². The zero-order chi connectivity index (χ0) is 25.4. The summed E-state index contributed by atoms with van der Waals surface area (Å²) in [6.45, 7) is 1.76. The van der Waals surface area contributed by atoms with Crippen molar-refractivity contribution < 1.29 is 33.0 Å². The molecule has 3 aromatic carbocycles. The number of carbonyl (C=O) groups excluding carboxylic acids is 2. The second kappa shape index (κ2) is 9.16. The van der Waals surface area contributed by atoms with Gasteiger partial charge in [-0.25, -0.2) is 9.45 Å². The Morgan fingerprint density at radius 3 is 2.56 bits per heavy atom. The van der Waals surface area contributed by atoms with E-state index in [1.165, 1.54) is 37.5 Å². The number of hydrogen-bond donors (Lipinski definition) is 1. The number of methoxy groups -OCH3 is 2. The fourth-order valence-electron chi connectivity index (χ4n) is 5.06. The van der Waals surface area contributed by atoms with Crippen LogP contribution < -0.4 is 19.9 Å². The van der Waals surface area contributed by atoms with Crippen molar-refractivity contribution in [3.8, 4) is 11.5 Å². The van der Waals surface area contributed by atoms with E-state index in [9.17, 15) is 14.0 Å². The lowest BCUT2D eigenvalue weighted by Crippen LogP contribution is -2.45. The molecule has 0 saturated carbocycles. The van der Waals surface area contributed by atoms with E-state index in [0.29, 0.717) is 28.4 Å². The molecule has 1 spiro atoms. The first-order chi connectivity index (χ1) is 17.5. The lowest BCUT2D eigenvalue weighted by Gasteiger charge is -2.28. The van der Waals surface area contributed by atoms with Crippen LogP contribution in [0.1, 0.15) is 24.1 Å². The number of carbonyl (C=O) groups is 2. The number of hydrogen-bond acceptors (Lipinski definition) is 7. The maximum Gasteiger partial charge on any atom is 0.315 e. The Morgan fingerprint density at radius 2 is 1.86 bits per heavy atom. The van der Waals surface area contributed by atoms with Gasteiger partial charge in [0.25, 0.3) is 5.91 Å². The van der Waals surface area contributed by atoms with Crippen molar-refractivity contribution in [1.82, 2.24) is 0 Å². The number of hydroxylamine groups is 1. The Labute approximate surface area is 207 Å². The highest BCUT2D eigenvalue weighted by molar-refractivity contribution is 6.08. The SMILES string of the molecule is CCOC(=O)C1C(c2cccc(OC)c2OC)N(c2ccccc2)OC12C(=O)Nc1ccc(F)cc12. The lowest BCUT2D eigenvalue weighted by molar-refractivity contribution is -0.161. The third-order valence-corrected chi connectivity index (χ3v) is 6.52. The molecule has 3 unspecified atom stereocenters. The predicted molar refractivity (Wildman–Crippen MR) is 129 cm³/mol. The number of anilines is 2. The second-order valence-electron chi connectivity index (χ2n) is 8.39. The number of rotatable bonds is 6. The minimum atomic E-state index is -1.89. The number of fused-ring (bicyclic) bond motifs is 2. The van der Waals surface area contributed by atoms with Crippen molar-refractivity contribution in [3.05, 3.63) is 83.7 Å². The molecule has 0 aromatic heterocycles. The van der Waals surface area contributed by atoms with Crippen LogP contribution >= 0.6 is 0 Å². The zero-order valence-corrected chi connectivity index (χ0v) is 20.0. The molecule has 0 bridgehead atoms. The average molecular weight is 493 g/mol. The molecule has 5 rings (SSSR count). The van der Waals surface area contributed by atoms with Gasteiger partial charge in [0.1, 0.15) is 17.8 Å². The molecule has 3 atom stereocenters. The molecule has 1 N–H and O–H groups in total. The van der Waals surface area contributed by atoms with Gasteiger partial charge in [-0.15, -0.1) is 0 Å². The largest absolute Gasteiger partial charge is 0.493 e. The van der Waals surface area contributed by atoms with Gasteiger partial charge in [-0.1, -0.05) is 30.3 Å². The van der Waals surface area contributed by atoms with Gasteiger partial charge in [-0.05, 0) is 43.3 Å². The molecule has 1 saturated heterocycles. The van der Waals surface area contributed by atoms with Crippen LogP contribution in [0.15, 0.2) is 66.7 Å². The van der Waals surface area contributed by atoms with Crippen LogP contribution in [0.4, 0.5) is 15.8 Å². The minimum absolute atomic E-state index is 0.0797. The Balaban J connectivity index is 1.82. The first-order valence-electron chi connectivity index (χ1n) is 11.5. The van der Waals surface area contributed by atoms with Crippen LogP contribution in [0.25, 0.3) is 0 Å². The summed E-state index contributed by atoms with van der Waals surface area (Å²) < 4.78 is 31.2. The van der Waals surface area contributed by atoms with E-state index in [4.69, 9.17) is 19.0 Å². The maximum atomic E-state index is 14.5. The van der Waals surface area contributed by atoms with E-state index in [1.807, 2.05) is 18.2 Å². The summed E-state index contributed by atoms with van der Waals surface area (Å²) >= 11 is 0. The molecular formula is C27H25FN2O6. The van der Waals surface area contributed by atoms with E-state index >= 15 is 0 Å². The van der Waals surface area contributed by atoms with Crippen LogP contribution in [0.2, 0.25) is 0 Å². The molecular weight excluding hydrogens is 467 g/mol. The predicted octanol–water partition coefficient (Wildman–Crippen LogP) is 4.36. The topological polar surface area (TPSA) is 86.3 Å². The van der Waals surface area contributed by atoms with Gasteiger partial charge < -0.3 is 19.5 Å². The van der Waals surface area contributed by atoms with Gasteiger partial charge >= 0.3 is 5.97 Å². The molecule has 0 aliphatic carbocycles. The number of esters is 1. The van der Waals surface area contributed by atoms with Crippen molar-refractivity contribution in [2.24, 2.45) is 5.92 Å². The third kappa shape index (κ3) is 3.46. The fraction of sp³-hybridized carbons (Fsp3) is 0.259. The van der Waals surface area contributed by atoms with Gasteiger partial charge in [-0.3, -0.25) is 14.4 Å². The molecule has 36 heavy (non-hydrogen) atoms. The Hall–Kier alpha value is -4.11. The molecule has 9 heteroatoms. The number of amides is 1. The quantitative estimate of drug-likeness (QED) is 0.512. The number of halogens is 1. The van der Waals surface area contributed by atoms with E-state index in [0.717, 1.165) is 0 Å². The molecule has 8 nitrogen and oxygen atoms in total. The smallest absolute Gasteiger partial charge is 0.315 e. The molecule has 0 radical (unpaired) electrons. The van der Waals surface area contributed by atoms with E-state index in [2.05, 4.69) is 5.32 Å². The maximum absolute atomic E-state index is 14.5. The van der Waals surface area contributed by atoms with Gasteiger partial charge in [0.2, 0.25) is 5.60 Å². The summed E-state index contributed by atoms with van der Waals surface area (Å²) in [5.74, 6) is -2.23. The summed E-state index contributed by atoms with van der Waals surface area (Å²) in [6, 6.07) is 17.3. The van der Waals surface area contributed by atoms with Crippen molar-refractivity contribution in [2.45, 2.75) is 18.6 Å². The van der Waals surface area contributed by atoms with E-state index in [-0.39, 0.29) is 12.2 Å². The van der Waals surface area contributed by atoms with Crippen LogP contribution in [0.3, 0.4) is 0 Å². The number of nitrogens with zero attached hydrogens (tertiary/aromatic N) is 1. The van der Waals surface area contributed by atoms with Crippen molar-refractivity contribution in [1.29, 1.82) is 0 Å². The molecule has 1 fully saturated rings. The molecule has 2 heterocycles. The highest BCUT2D eigenvalue weighted by Crippen LogP contribution is 2.58. The normalized spacial score (nSPS) is 22.3. The molecule has 186 valence electrons.